The lowest BCUT2D eigenvalue weighted by molar-refractivity contribution is -0.115. The van der Waals surface area contributed by atoms with Gasteiger partial charge in [-0.1, -0.05) is 29.8 Å². The molecule has 0 atom stereocenters. The molecule has 0 bridgehead atoms. The summed E-state index contributed by atoms with van der Waals surface area (Å²) in [6, 6.07) is 9.54. The average molecular weight is 418 g/mol. The van der Waals surface area contributed by atoms with Gasteiger partial charge in [0, 0.05) is 32.3 Å². The SMILES string of the molecule is O=C(Cc1csc(-c2ccsc2)n1)Nc1nc(-c2ccccc2Cl)cs1. The van der Waals surface area contributed by atoms with Crippen molar-refractivity contribution in [2.75, 3.05) is 5.32 Å². The zero-order valence-electron chi connectivity index (χ0n) is 13.3. The number of nitrogens with zero attached hydrogens (tertiary/aromatic N) is 2. The highest BCUT2D eigenvalue weighted by Gasteiger charge is 2.12. The van der Waals surface area contributed by atoms with Crippen LogP contribution < -0.4 is 5.32 Å². The molecule has 4 aromatic rings. The molecule has 0 spiro atoms. The second-order valence-electron chi connectivity index (χ2n) is 5.40. The molecule has 0 radical (unpaired) electrons. The largest absolute Gasteiger partial charge is 0.302 e. The molecule has 0 aliphatic rings. The Kier molecular flexibility index (Phi) is 5.12. The number of thiazole rings is 2. The third kappa shape index (κ3) is 3.86. The van der Waals surface area contributed by atoms with Gasteiger partial charge in [0.2, 0.25) is 5.91 Å². The molecule has 0 unspecified atom stereocenters. The highest BCUT2D eigenvalue weighted by atomic mass is 35.5. The molecular formula is C18H12ClN3OS3. The first-order valence-electron chi connectivity index (χ1n) is 7.66. The molecular weight excluding hydrogens is 406 g/mol. The van der Waals surface area contributed by atoms with Gasteiger partial charge in [-0.05, 0) is 17.5 Å². The van der Waals surface area contributed by atoms with Crippen LogP contribution in [0.1, 0.15) is 5.69 Å². The van der Waals surface area contributed by atoms with E-state index in [9.17, 15) is 4.79 Å². The number of anilines is 1. The van der Waals surface area contributed by atoms with Crippen molar-refractivity contribution in [3.05, 3.63) is 62.6 Å². The van der Waals surface area contributed by atoms with Crippen molar-refractivity contribution in [3.8, 4) is 21.8 Å². The number of thiophene rings is 1. The van der Waals surface area contributed by atoms with Crippen LogP contribution in [0, 0.1) is 0 Å². The Bertz CT molecular complexity index is 1040. The summed E-state index contributed by atoms with van der Waals surface area (Å²) in [4.78, 5) is 21.3. The maximum Gasteiger partial charge on any atom is 0.232 e. The molecule has 4 rings (SSSR count). The lowest BCUT2D eigenvalue weighted by Crippen LogP contribution is -2.14. The van der Waals surface area contributed by atoms with E-state index in [-0.39, 0.29) is 12.3 Å². The molecule has 0 saturated heterocycles. The Morgan fingerprint density at radius 3 is 2.77 bits per heavy atom. The molecule has 1 N–H and O–H groups in total. The number of nitrogens with one attached hydrogen (secondary N) is 1. The summed E-state index contributed by atoms with van der Waals surface area (Å²) in [5.74, 6) is -0.132. The number of amides is 1. The molecule has 26 heavy (non-hydrogen) atoms. The minimum atomic E-state index is -0.132. The summed E-state index contributed by atoms with van der Waals surface area (Å²) in [5, 5.41) is 12.8. The van der Waals surface area contributed by atoms with Crippen molar-refractivity contribution in [3.63, 3.8) is 0 Å². The van der Waals surface area contributed by atoms with Crippen LogP contribution in [0.2, 0.25) is 5.02 Å². The van der Waals surface area contributed by atoms with Crippen molar-refractivity contribution in [1.29, 1.82) is 0 Å². The smallest absolute Gasteiger partial charge is 0.232 e. The Morgan fingerprint density at radius 2 is 1.96 bits per heavy atom. The number of halogens is 1. The second kappa shape index (κ2) is 7.67. The topological polar surface area (TPSA) is 54.9 Å². The molecule has 0 aliphatic carbocycles. The number of carbonyl (C=O) groups excluding carboxylic acids is 1. The maximum atomic E-state index is 12.3. The van der Waals surface area contributed by atoms with E-state index in [1.807, 2.05) is 46.5 Å². The van der Waals surface area contributed by atoms with Crippen LogP contribution in [0.25, 0.3) is 21.8 Å². The monoisotopic (exact) mass is 417 g/mol. The quantitative estimate of drug-likeness (QED) is 0.444. The highest BCUT2D eigenvalue weighted by Crippen LogP contribution is 2.30. The van der Waals surface area contributed by atoms with E-state index in [2.05, 4.69) is 20.7 Å². The standard InChI is InChI=1S/C18H12ClN3OS3/c19-14-4-2-1-3-13(14)15-10-26-18(21-15)22-16(23)7-12-9-25-17(20-12)11-5-6-24-8-11/h1-6,8-10H,7H2,(H,21,22,23). The Morgan fingerprint density at radius 1 is 1.08 bits per heavy atom. The van der Waals surface area contributed by atoms with Gasteiger partial charge in [0.25, 0.3) is 0 Å². The molecule has 3 aromatic heterocycles. The summed E-state index contributed by atoms with van der Waals surface area (Å²) in [5.41, 5.74) is 3.46. The van der Waals surface area contributed by atoms with Gasteiger partial charge < -0.3 is 5.32 Å². The first-order valence-corrected chi connectivity index (χ1v) is 10.7. The molecule has 0 aliphatic heterocycles. The van der Waals surface area contributed by atoms with Crippen molar-refractivity contribution in [1.82, 2.24) is 9.97 Å². The van der Waals surface area contributed by atoms with Crippen molar-refractivity contribution >= 4 is 56.7 Å². The zero-order valence-corrected chi connectivity index (χ0v) is 16.5. The first-order chi connectivity index (χ1) is 12.7. The third-order valence-electron chi connectivity index (χ3n) is 3.56. The molecule has 8 heteroatoms. The summed E-state index contributed by atoms with van der Waals surface area (Å²) < 4.78 is 0. The molecule has 1 aromatic carbocycles. The van der Waals surface area contributed by atoms with E-state index in [0.717, 1.165) is 27.5 Å². The number of hydrogen-bond donors (Lipinski definition) is 1. The zero-order chi connectivity index (χ0) is 17.9. The summed E-state index contributed by atoms with van der Waals surface area (Å²) in [6.07, 6.45) is 0.224. The van der Waals surface area contributed by atoms with Gasteiger partial charge in [-0.15, -0.1) is 22.7 Å². The lowest BCUT2D eigenvalue weighted by atomic mass is 10.2. The average Bonchev–Trinajstić information content (AvgIpc) is 3.36. The number of hydrogen-bond acceptors (Lipinski definition) is 6. The molecule has 0 saturated carbocycles. The van der Waals surface area contributed by atoms with Gasteiger partial charge in [-0.3, -0.25) is 4.79 Å². The minimum Gasteiger partial charge on any atom is -0.302 e. The van der Waals surface area contributed by atoms with E-state index < -0.39 is 0 Å². The van der Waals surface area contributed by atoms with E-state index in [1.54, 1.807) is 22.7 Å². The fourth-order valence-corrected chi connectivity index (χ4v) is 4.85. The summed E-state index contributed by atoms with van der Waals surface area (Å²) >= 11 is 10.8. The fraction of sp³-hybridized carbons (Fsp3) is 0.0556. The maximum absolute atomic E-state index is 12.3. The van der Waals surface area contributed by atoms with Gasteiger partial charge in [0.05, 0.1) is 17.8 Å². The van der Waals surface area contributed by atoms with Crippen LogP contribution in [0.3, 0.4) is 0 Å². The van der Waals surface area contributed by atoms with Crippen LogP contribution in [0.4, 0.5) is 5.13 Å². The Balaban J connectivity index is 1.42. The van der Waals surface area contributed by atoms with Gasteiger partial charge in [-0.2, -0.15) is 11.3 Å². The minimum absolute atomic E-state index is 0.132. The molecule has 0 fully saturated rings. The van der Waals surface area contributed by atoms with E-state index >= 15 is 0 Å². The first kappa shape index (κ1) is 17.4. The van der Waals surface area contributed by atoms with Gasteiger partial charge in [0.1, 0.15) is 5.01 Å². The molecule has 4 nitrogen and oxygen atoms in total. The van der Waals surface area contributed by atoms with Crippen LogP contribution in [-0.2, 0) is 11.2 Å². The number of aromatic nitrogens is 2. The van der Waals surface area contributed by atoms with Gasteiger partial charge in [0.15, 0.2) is 5.13 Å². The second-order valence-corrected chi connectivity index (χ2v) is 8.30. The molecule has 3 heterocycles. The van der Waals surface area contributed by atoms with Gasteiger partial charge in [-0.25, -0.2) is 9.97 Å². The van der Waals surface area contributed by atoms with Crippen LogP contribution in [0.15, 0.2) is 51.9 Å². The Labute approximate surface area is 167 Å². The lowest BCUT2D eigenvalue weighted by Gasteiger charge is -2.00. The van der Waals surface area contributed by atoms with Gasteiger partial charge >= 0.3 is 0 Å². The van der Waals surface area contributed by atoms with Crippen molar-refractivity contribution < 1.29 is 4.79 Å². The highest BCUT2D eigenvalue weighted by molar-refractivity contribution is 7.14. The third-order valence-corrected chi connectivity index (χ3v) is 6.27. The molecule has 1 amide bonds. The predicted molar refractivity (Wildman–Crippen MR) is 110 cm³/mol. The van der Waals surface area contributed by atoms with Crippen molar-refractivity contribution in [2.45, 2.75) is 6.42 Å². The van der Waals surface area contributed by atoms with Crippen LogP contribution in [0.5, 0.6) is 0 Å². The summed E-state index contributed by atoms with van der Waals surface area (Å²) in [7, 11) is 0. The normalized spacial score (nSPS) is 10.8. The van der Waals surface area contributed by atoms with E-state index in [4.69, 9.17) is 11.6 Å². The number of benzene rings is 1. The van der Waals surface area contributed by atoms with Crippen LogP contribution >= 0.6 is 45.6 Å². The van der Waals surface area contributed by atoms with E-state index in [0.29, 0.717) is 10.2 Å². The Hall–Kier alpha value is -2.06. The van der Waals surface area contributed by atoms with E-state index in [1.165, 1.54) is 11.3 Å². The molecule has 130 valence electrons. The summed E-state index contributed by atoms with van der Waals surface area (Å²) in [6.45, 7) is 0. The van der Waals surface area contributed by atoms with Crippen molar-refractivity contribution in [2.24, 2.45) is 0 Å². The predicted octanol–water partition coefficient (Wildman–Crippen LogP) is 5.83. The number of rotatable bonds is 5. The number of carbonyl (C=O) groups is 1. The van der Waals surface area contributed by atoms with Crippen LogP contribution in [-0.4, -0.2) is 15.9 Å². The fourth-order valence-electron chi connectivity index (χ4n) is 2.36.